The van der Waals surface area contributed by atoms with Crippen molar-refractivity contribution >= 4 is 17.6 Å². The molecular weight excluding hydrogens is 278 g/mol. The molecule has 1 N–H and O–H groups in total. The van der Waals surface area contributed by atoms with Gasteiger partial charge in [0.1, 0.15) is 18.4 Å². The fourth-order valence-electron chi connectivity index (χ4n) is 1.81. The molecule has 1 aromatic rings. The first kappa shape index (κ1) is 16.8. The highest BCUT2D eigenvalue weighted by Crippen LogP contribution is 2.15. The van der Waals surface area contributed by atoms with Gasteiger partial charge in [0.25, 0.3) is 0 Å². The van der Waals surface area contributed by atoms with E-state index in [0.717, 1.165) is 12.2 Å². The summed E-state index contributed by atoms with van der Waals surface area (Å²) in [5, 5.41) is 3.84. The Morgan fingerprint density at radius 3 is 2.50 bits per heavy atom. The Kier molecular flexibility index (Phi) is 7.41. The summed E-state index contributed by atoms with van der Waals surface area (Å²) in [5.41, 5.74) is 0. The topological polar surface area (TPSA) is 47.6 Å². The van der Waals surface area contributed by atoms with E-state index in [4.69, 9.17) is 21.1 Å². The number of ether oxygens (including phenoxy) is 2. The maximum absolute atomic E-state index is 11.6. The number of nitrogens with one attached hydrogen (secondary N) is 1. The Hall–Kier alpha value is -1.26. The molecule has 20 heavy (non-hydrogen) atoms. The number of halogens is 1. The molecule has 0 aliphatic heterocycles. The highest BCUT2D eigenvalue weighted by Gasteiger charge is 2.19. The lowest BCUT2D eigenvalue weighted by atomic mass is 10.0. The van der Waals surface area contributed by atoms with Crippen LogP contribution in [0.5, 0.6) is 5.75 Å². The maximum Gasteiger partial charge on any atom is 0.322 e. The predicted octanol–water partition coefficient (Wildman–Crippen LogP) is 2.90. The number of rotatable bonds is 8. The third-order valence-corrected chi connectivity index (χ3v) is 3.02. The van der Waals surface area contributed by atoms with Crippen LogP contribution in [-0.2, 0) is 9.53 Å². The van der Waals surface area contributed by atoms with Gasteiger partial charge >= 0.3 is 5.97 Å². The molecule has 0 bridgehead atoms. The Morgan fingerprint density at radius 1 is 1.30 bits per heavy atom. The van der Waals surface area contributed by atoms with Crippen LogP contribution in [0.1, 0.15) is 20.3 Å². The van der Waals surface area contributed by atoms with E-state index in [2.05, 4.69) is 19.2 Å². The van der Waals surface area contributed by atoms with Gasteiger partial charge < -0.3 is 14.8 Å². The maximum atomic E-state index is 11.6. The predicted molar refractivity (Wildman–Crippen MR) is 80.2 cm³/mol. The number of benzene rings is 1. The number of esters is 1. The molecule has 1 aromatic carbocycles. The summed E-state index contributed by atoms with van der Waals surface area (Å²) in [6.45, 7) is 5.20. The van der Waals surface area contributed by atoms with Gasteiger partial charge in [-0.3, -0.25) is 4.79 Å². The van der Waals surface area contributed by atoms with Crippen LogP contribution < -0.4 is 10.1 Å². The molecule has 0 amide bonds. The average molecular weight is 300 g/mol. The van der Waals surface area contributed by atoms with Crippen LogP contribution in [-0.4, -0.2) is 32.3 Å². The van der Waals surface area contributed by atoms with Crippen LogP contribution in [0.25, 0.3) is 0 Å². The van der Waals surface area contributed by atoms with Crippen molar-refractivity contribution < 1.29 is 14.3 Å². The van der Waals surface area contributed by atoms with Crippen LogP contribution in [0, 0.1) is 5.92 Å². The van der Waals surface area contributed by atoms with E-state index in [-0.39, 0.29) is 12.0 Å². The van der Waals surface area contributed by atoms with Crippen LogP contribution in [0.3, 0.4) is 0 Å². The van der Waals surface area contributed by atoms with Crippen molar-refractivity contribution in [3.63, 3.8) is 0 Å². The second-order valence-electron chi connectivity index (χ2n) is 4.96. The van der Waals surface area contributed by atoms with Crippen LogP contribution in [0.2, 0.25) is 5.02 Å². The second kappa shape index (κ2) is 8.82. The molecule has 1 rings (SSSR count). The zero-order chi connectivity index (χ0) is 15.0. The van der Waals surface area contributed by atoms with Gasteiger partial charge in [0, 0.05) is 11.6 Å². The molecule has 5 heteroatoms. The van der Waals surface area contributed by atoms with E-state index in [0.29, 0.717) is 24.1 Å². The third-order valence-electron chi connectivity index (χ3n) is 2.77. The fourth-order valence-corrected chi connectivity index (χ4v) is 1.94. The van der Waals surface area contributed by atoms with Crippen molar-refractivity contribution in [2.45, 2.75) is 26.3 Å². The van der Waals surface area contributed by atoms with E-state index >= 15 is 0 Å². The Labute approximate surface area is 125 Å². The largest absolute Gasteiger partial charge is 0.492 e. The summed E-state index contributed by atoms with van der Waals surface area (Å²) in [6.07, 6.45) is 0.744. The van der Waals surface area contributed by atoms with Gasteiger partial charge in [-0.25, -0.2) is 0 Å². The molecular formula is C15H22ClNO3. The molecule has 1 unspecified atom stereocenters. The standard InChI is InChI=1S/C15H22ClNO3/c1-11(2)10-14(15(18)19-3)17-8-9-20-13-6-4-12(16)5-7-13/h4-7,11,14,17H,8-10H2,1-3H3. The van der Waals surface area contributed by atoms with Gasteiger partial charge in [-0.1, -0.05) is 25.4 Å². The molecule has 0 heterocycles. The smallest absolute Gasteiger partial charge is 0.322 e. The first-order valence-electron chi connectivity index (χ1n) is 6.72. The highest BCUT2D eigenvalue weighted by molar-refractivity contribution is 6.30. The number of carbonyl (C=O) groups is 1. The van der Waals surface area contributed by atoms with Gasteiger partial charge in [0.05, 0.1) is 7.11 Å². The summed E-state index contributed by atoms with van der Waals surface area (Å²) in [6, 6.07) is 6.90. The summed E-state index contributed by atoms with van der Waals surface area (Å²) in [7, 11) is 1.40. The molecule has 1 atom stereocenters. The van der Waals surface area contributed by atoms with Gasteiger partial charge in [0.15, 0.2) is 0 Å². The van der Waals surface area contributed by atoms with E-state index in [1.54, 1.807) is 12.1 Å². The van der Waals surface area contributed by atoms with E-state index < -0.39 is 0 Å². The molecule has 4 nitrogen and oxygen atoms in total. The lowest BCUT2D eigenvalue weighted by Crippen LogP contribution is -2.40. The summed E-state index contributed by atoms with van der Waals surface area (Å²) in [4.78, 5) is 11.6. The minimum Gasteiger partial charge on any atom is -0.492 e. The zero-order valence-electron chi connectivity index (χ0n) is 12.2. The molecule has 0 radical (unpaired) electrons. The van der Waals surface area contributed by atoms with Crippen LogP contribution in [0.4, 0.5) is 0 Å². The molecule has 0 saturated heterocycles. The zero-order valence-corrected chi connectivity index (χ0v) is 12.9. The molecule has 0 aliphatic carbocycles. The van der Waals surface area contributed by atoms with Crippen LogP contribution in [0.15, 0.2) is 24.3 Å². The first-order chi connectivity index (χ1) is 9.52. The van der Waals surface area contributed by atoms with Gasteiger partial charge in [0.2, 0.25) is 0 Å². The van der Waals surface area contributed by atoms with Crippen molar-refractivity contribution in [3.8, 4) is 5.75 Å². The lowest BCUT2D eigenvalue weighted by molar-refractivity contribution is -0.143. The summed E-state index contributed by atoms with van der Waals surface area (Å²) < 4.78 is 10.3. The lowest BCUT2D eigenvalue weighted by Gasteiger charge is -2.18. The fraction of sp³-hybridized carbons (Fsp3) is 0.533. The quantitative estimate of drug-likeness (QED) is 0.592. The van der Waals surface area contributed by atoms with E-state index in [1.807, 2.05) is 12.1 Å². The minimum absolute atomic E-state index is 0.231. The number of hydrogen-bond acceptors (Lipinski definition) is 4. The minimum atomic E-state index is -0.284. The van der Waals surface area contributed by atoms with Crippen molar-refractivity contribution in [2.75, 3.05) is 20.3 Å². The number of methoxy groups -OCH3 is 1. The van der Waals surface area contributed by atoms with E-state index in [9.17, 15) is 4.79 Å². The Balaban J connectivity index is 2.33. The normalized spacial score (nSPS) is 12.2. The molecule has 112 valence electrons. The SMILES string of the molecule is COC(=O)C(CC(C)C)NCCOc1ccc(Cl)cc1. The van der Waals surface area contributed by atoms with Crippen LogP contribution >= 0.6 is 11.6 Å². The molecule has 0 aromatic heterocycles. The second-order valence-corrected chi connectivity index (χ2v) is 5.40. The summed E-state index contributed by atoms with van der Waals surface area (Å²) >= 11 is 5.79. The molecule has 0 spiro atoms. The summed E-state index contributed by atoms with van der Waals surface area (Å²) in [5.74, 6) is 0.948. The van der Waals surface area contributed by atoms with Crippen molar-refractivity contribution in [1.82, 2.24) is 5.32 Å². The molecule has 0 aliphatic rings. The number of carbonyl (C=O) groups excluding carboxylic acids is 1. The van der Waals surface area contributed by atoms with Gasteiger partial charge in [-0.05, 0) is 36.6 Å². The van der Waals surface area contributed by atoms with E-state index in [1.165, 1.54) is 7.11 Å². The average Bonchev–Trinajstić information content (AvgIpc) is 2.43. The molecule has 0 saturated carbocycles. The highest BCUT2D eigenvalue weighted by atomic mass is 35.5. The van der Waals surface area contributed by atoms with Crippen molar-refractivity contribution in [1.29, 1.82) is 0 Å². The Morgan fingerprint density at radius 2 is 1.95 bits per heavy atom. The molecule has 0 fully saturated rings. The monoisotopic (exact) mass is 299 g/mol. The van der Waals surface area contributed by atoms with Crippen molar-refractivity contribution in [3.05, 3.63) is 29.3 Å². The third kappa shape index (κ3) is 6.26. The number of hydrogen-bond donors (Lipinski definition) is 1. The van der Waals surface area contributed by atoms with Crippen molar-refractivity contribution in [2.24, 2.45) is 5.92 Å². The Bertz CT molecular complexity index is 406. The van der Waals surface area contributed by atoms with Gasteiger partial charge in [-0.2, -0.15) is 0 Å². The first-order valence-corrected chi connectivity index (χ1v) is 7.10. The van der Waals surface area contributed by atoms with Gasteiger partial charge in [-0.15, -0.1) is 0 Å².